The Balaban J connectivity index is 0.00000169. The summed E-state index contributed by atoms with van der Waals surface area (Å²) in [4.78, 5) is 12.6. The normalized spacial score (nSPS) is 16.2. The fourth-order valence-corrected chi connectivity index (χ4v) is 3.49. The number of esters is 1. The van der Waals surface area contributed by atoms with E-state index in [-0.39, 0.29) is 41.6 Å². The molecule has 0 N–H and O–H groups in total. The Labute approximate surface area is 164 Å². The van der Waals surface area contributed by atoms with Gasteiger partial charge in [-0.2, -0.15) is 0 Å². The molecule has 4 rings (SSSR count). The van der Waals surface area contributed by atoms with Crippen LogP contribution in [0.3, 0.4) is 0 Å². The van der Waals surface area contributed by atoms with Gasteiger partial charge in [-0.3, -0.25) is 0 Å². The van der Waals surface area contributed by atoms with E-state index in [1.54, 1.807) is 0 Å². The maximum absolute atomic E-state index is 12.6. The predicted octanol–water partition coefficient (Wildman–Crippen LogP) is 4.49. The van der Waals surface area contributed by atoms with Crippen LogP contribution in [0.25, 0.3) is 0 Å². The summed E-state index contributed by atoms with van der Waals surface area (Å²) in [6.07, 6.45) is 6.31. The van der Waals surface area contributed by atoms with Gasteiger partial charge >= 0.3 is 5.97 Å². The van der Waals surface area contributed by atoms with Crippen LogP contribution in [-0.4, -0.2) is 41.6 Å². The van der Waals surface area contributed by atoms with E-state index >= 15 is 0 Å². The topological polar surface area (TPSA) is 35.5 Å². The number of fused-ring (bicyclic) bond motifs is 2. The molecule has 0 unspecified atom stereocenters. The molecule has 2 aromatic rings. The molecule has 3 nitrogen and oxygen atoms in total. The number of hydrogen-bond acceptors (Lipinski definition) is 3. The predicted molar refractivity (Wildman–Crippen MR) is 93.8 cm³/mol. The molecule has 1 fully saturated rings. The van der Waals surface area contributed by atoms with Crippen LogP contribution in [0.5, 0.6) is 11.5 Å². The fourth-order valence-electron chi connectivity index (χ4n) is 3.49. The molecule has 4 heteroatoms. The summed E-state index contributed by atoms with van der Waals surface area (Å²) >= 11 is 0. The van der Waals surface area contributed by atoms with Crippen LogP contribution in [0, 0.1) is 0 Å². The number of hydrogen-bond donors (Lipinski definition) is 0. The van der Waals surface area contributed by atoms with Crippen LogP contribution >= 0.6 is 0 Å². The number of benzene rings is 2. The van der Waals surface area contributed by atoms with Gasteiger partial charge in [-0.25, -0.2) is 4.79 Å². The smallest absolute Gasteiger partial charge is 0.338 e. The first-order chi connectivity index (χ1) is 11.3. The molecule has 0 amide bonds. The molecule has 1 heterocycles. The summed E-state index contributed by atoms with van der Waals surface area (Å²) in [5.41, 5.74) is 2.69. The first-order valence-electron chi connectivity index (χ1n) is 8.40. The molecule has 0 saturated heterocycles. The minimum absolute atomic E-state index is 0. The van der Waals surface area contributed by atoms with Crippen molar-refractivity contribution >= 4 is 35.5 Å². The molecule has 0 atom stereocenters. The second-order valence-electron chi connectivity index (χ2n) is 6.33. The molecule has 0 bridgehead atoms. The van der Waals surface area contributed by atoms with Gasteiger partial charge in [-0.05, 0) is 49.4 Å². The molecule has 0 aromatic heterocycles. The zero-order valence-electron chi connectivity index (χ0n) is 14.1. The van der Waals surface area contributed by atoms with Crippen LogP contribution in [0.4, 0.5) is 0 Å². The molecular formula is C20H20NaO3. The van der Waals surface area contributed by atoms with E-state index in [1.807, 2.05) is 42.5 Å². The van der Waals surface area contributed by atoms with E-state index in [0.29, 0.717) is 12.0 Å². The molecule has 0 spiro atoms. The molecule has 119 valence electrons. The van der Waals surface area contributed by atoms with Crippen LogP contribution in [0.1, 0.15) is 53.6 Å². The molecule has 1 aliphatic carbocycles. The Hall–Kier alpha value is -1.29. The Bertz CT molecular complexity index is 735. The van der Waals surface area contributed by atoms with Crippen molar-refractivity contribution in [3.8, 4) is 11.5 Å². The van der Waals surface area contributed by atoms with E-state index < -0.39 is 0 Å². The first-order valence-corrected chi connectivity index (χ1v) is 8.40. The third-order valence-electron chi connectivity index (χ3n) is 4.74. The standard InChI is InChI=1S/C20H20O3.Na/c21-20(22-15-8-2-1-3-9-15)16-10-6-12-19-17(16)13-14-7-4-5-11-18(14)23-19;/h4-7,10-12,15H,1-3,8-9,13H2;. The minimum atomic E-state index is -0.211. The number of carbonyl (C=O) groups is 1. The van der Waals surface area contributed by atoms with Gasteiger partial charge in [0.25, 0.3) is 0 Å². The van der Waals surface area contributed by atoms with Crippen molar-refractivity contribution in [2.24, 2.45) is 0 Å². The van der Waals surface area contributed by atoms with E-state index in [9.17, 15) is 4.79 Å². The third-order valence-corrected chi connectivity index (χ3v) is 4.74. The molecular weight excluding hydrogens is 311 g/mol. The molecule has 2 aliphatic rings. The SMILES string of the molecule is O=C(OC1CCCCC1)c1cccc2c1Cc1ccccc1O2.[Na]. The Morgan fingerprint density at radius 2 is 1.71 bits per heavy atom. The van der Waals surface area contributed by atoms with Crippen molar-refractivity contribution in [3.05, 3.63) is 59.2 Å². The minimum Gasteiger partial charge on any atom is -0.459 e. The van der Waals surface area contributed by atoms with Gasteiger partial charge < -0.3 is 9.47 Å². The van der Waals surface area contributed by atoms with E-state index in [4.69, 9.17) is 9.47 Å². The van der Waals surface area contributed by atoms with Crippen LogP contribution in [0.15, 0.2) is 42.5 Å². The second kappa shape index (κ2) is 7.73. The molecule has 24 heavy (non-hydrogen) atoms. The van der Waals surface area contributed by atoms with Crippen molar-refractivity contribution in [3.63, 3.8) is 0 Å². The summed E-state index contributed by atoms with van der Waals surface area (Å²) in [7, 11) is 0. The Kier molecular flexibility index (Phi) is 5.65. The number of rotatable bonds is 2. The van der Waals surface area contributed by atoms with Gasteiger partial charge in [0.05, 0.1) is 5.56 Å². The van der Waals surface area contributed by atoms with Crippen molar-refractivity contribution in [1.29, 1.82) is 0 Å². The van der Waals surface area contributed by atoms with Gasteiger partial charge in [0, 0.05) is 41.5 Å². The fraction of sp³-hybridized carbons (Fsp3) is 0.350. The van der Waals surface area contributed by atoms with Gasteiger partial charge in [-0.1, -0.05) is 30.7 Å². The molecule has 1 radical (unpaired) electrons. The van der Waals surface area contributed by atoms with E-state index in [2.05, 4.69) is 0 Å². The first kappa shape index (κ1) is 17.5. The van der Waals surface area contributed by atoms with Crippen molar-refractivity contribution in [2.75, 3.05) is 0 Å². The Morgan fingerprint density at radius 3 is 2.54 bits per heavy atom. The average Bonchev–Trinajstić information content (AvgIpc) is 2.60. The van der Waals surface area contributed by atoms with Crippen LogP contribution in [0.2, 0.25) is 0 Å². The van der Waals surface area contributed by atoms with E-state index in [1.165, 1.54) is 6.42 Å². The Morgan fingerprint density at radius 1 is 0.958 bits per heavy atom. The number of carbonyl (C=O) groups excluding carboxylic acids is 1. The quantitative estimate of drug-likeness (QED) is 0.513. The zero-order valence-corrected chi connectivity index (χ0v) is 16.1. The van der Waals surface area contributed by atoms with Crippen molar-refractivity contribution in [1.82, 2.24) is 0 Å². The molecule has 2 aromatic carbocycles. The average molecular weight is 331 g/mol. The van der Waals surface area contributed by atoms with Gasteiger partial charge in [0.1, 0.15) is 17.6 Å². The van der Waals surface area contributed by atoms with Gasteiger partial charge in [0.15, 0.2) is 0 Å². The maximum Gasteiger partial charge on any atom is 0.338 e. The van der Waals surface area contributed by atoms with Gasteiger partial charge in [0.2, 0.25) is 0 Å². The molecule has 1 saturated carbocycles. The second-order valence-corrected chi connectivity index (χ2v) is 6.33. The summed E-state index contributed by atoms with van der Waals surface area (Å²) in [6, 6.07) is 13.6. The summed E-state index contributed by atoms with van der Waals surface area (Å²) in [5.74, 6) is 1.43. The van der Waals surface area contributed by atoms with Crippen LogP contribution < -0.4 is 4.74 Å². The number of para-hydroxylation sites is 1. The summed E-state index contributed by atoms with van der Waals surface area (Å²) < 4.78 is 11.7. The summed E-state index contributed by atoms with van der Waals surface area (Å²) in [5, 5.41) is 0. The van der Waals surface area contributed by atoms with Gasteiger partial charge in [-0.15, -0.1) is 0 Å². The van der Waals surface area contributed by atoms with Crippen molar-refractivity contribution in [2.45, 2.75) is 44.6 Å². The monoisotopic (exact) mass is 331 g/mol. The molecule has 1 aliphatic heterocycles. The largest absolute Gasteiger partial charge is 0.459 e. The number of ether oxygens (including phenoxy) is 2. The van der Waals surface area contributed by atoms with Crippen LogP contribution in [-0.2, 0) is 11.2 Å². The maximum atomic E-state index is 12.6. The third kappa shape index (κ3) is 3.53. The zero-order chi connectivity index (χ0) is 15.6. The van der Waals surface area contributed by atoms with E-state index in [0.717, 1.165) is 48.3 Å². The summed E-state index contributed by atoms with van der Waals surface area (Å²) in [6.45, 7) is 0. The van der Waals surface area contributed by atoms with Crippen molar-refractivity contribution < 1.29 is 14.3 Å².